The smallest absolute Gasteiger partial charge is 0.261 e. The first-order valence-corrected chi connectivity index (χ1v) is 7.75. The number of hydrogen-bond acceptors (Lipinski definition) is 4. The second-order valence-electron chi connectivity index (χ2n) is 4.12. The lowest BCUT2D eigenvalue weighted by atomic mass is 10.2. The monoisotopic (exact) mass is 311 g/mol. The van der Waals surface area contributed by atoms with Crippen molar-refractivity contribution in [2.75, 3.05) is 11.8 Å². The number of halogens is 1. The van der Waals surface area contributed by atoms with Gasteiger partial charge in [-0.15, -0.1) is 0 Å². The van der Waals surface area contributed by atoms with E-state index in [1.54, 1.807) is 25.2 Å². The fourth-order valence-electron chi connectivity index (χ4n) is 1.66. The average molecular weight is 312 g/mol. The minimum Gasteiger partial charge on any atom is -0.316 e. The molecule has 0 amide bonds. The first-order chi connectivity index (χ1) is 9.53. The molecule has 1 heterocycles. The third kappa shape index (κ3) is 3.47. The van der Waals surface area contributed by atoms with Crippen LogP contribution in [0.25, 0.3) is 0 Å². The highest BCUT2D eigenvalue weighted by Gasteiger charge is 2.15. The molecule has 0 spiro atoms. The van der Waals surface area contributed by atoms with Gasteiger partial charge < -0.3 is 5.32 Å². The van der Waals surface area contributed by atoms with Gasteiger partial charge in [0.15, 0.2) is 0 Å². The SMILES string of the molecule is CNCc1ccc(S(=O)(=O)Nc2ccncc2)cc1Cl. The molecule has 7 heteroatoms. The molecular formula is C13H14ClN3O2S. The highest BCUT2D eigenvalue weighted by Crippen LogP contribution is 2.22. The lowest BCUT2D eigenvalue weighted by molar-refractivity contribution is 0.601. The number of aromatic nitrogens is 1. The van der Waals surface area contributed by atoms with Crippen molar-refractivity contribution in [2.24, 2.45) is 0 Å². The van der Waals surface area contributed by atoms with Gasteiger partial charge in [0.05, 0.1) is 10.6 Å². The van der Waals surface area contributed by atoms with Crippen molar-refractivity contribution < 1.29 is 8.42 Å². The molecule has 1 aromatic heterocycles. The molecule has 0 aliphatic rings. The Morgan fingerprint density at radius 2 is 1.90 bits per heavy atom. The van der Waals surface area contributed by atoms with Crippen LogP contribution in [0.1, 0.15) is 5.56 Å². The van der Waals surface area contributed by atoms with Gasteiger partial charge in [0.25, 0.3) is 10.0 Å². The molecule has 5 nitrogen and oxygen atoms in total. The zero-order valence-corrected chi connectivity index (χ0v) is 12.4. The van der Waals surface area contributed by atoms with Crippen LogP contribution in [0.2, 0.25) is 5.02 Å². The van der Waals surface area contributed by atoms with Crippen molar-refractivity contribution in [1.82, 2.24) is 10.3 Å². The fourth-order valence-corrected chi connectivity index (χ4v) is 3.06. The van der Waals surface area contributed by atoms with Crippen molar-refractivity contribution in [3.8, 4) is 0 Å². The van der Waals surface area contributed by atoms with Gasteiger partial charge in [0, 0.05) is 24.0 Å². The summed E-state index contributed by atoms with van der Waals surface area (Å²) in [5.41, 5.74) is 1.30. The molecule has 0 atom stereocenters. The molecule has 1 aromatic carbocycles. The molecule has 0 saturated carbocycles. The van der Waals surface area contributed by atoms with Crippen LogP contribution >= 0.6 is 11.6 Å². The van der Waals surface area contributed by atoms with E-state index in [0.29, 0.717) is 17.3 Å². The van der Waals surface area contributed by atoms with Gasteiger partial charge in [-0.1, -0.05) is 17.7 Å². The second-order valence-corrected chi connectivity index (χ2v) is 6.21. The third-order valence-electron chi connectivity index (χ3n) is 2.63. The Hall–Kier alpha value is -1.63. The Morgan fingerprint density at radius 1 is 1.20 bits per heavy atom. The van der Waals surface area contributed by atoms with E-state index >= 15 is 0 Å². The molecular weight excluding hydrogens is 298 g/mol. The van der Waals surface area contributed by atoms with Gasteiger partial charge >= 0.3 is 0 Å². The van der Waals surface area contributed by atoms with E-state index in [0.717, 1.165) is 5.56 Å². The van der Waals surface area contributed by atoms with Gasteiger partial charge in [-0.05, 0) is 36.9 Å². The molecule has 2 aromatic rings. The first kappa shape index (κ1) is 14.8. The molecule has 106 valence electrons. The highest BCUT2D eigenvalue weighted by molar-refractivity contribution is 7.92. The van der Waals surface area contributed by atoms with Crippen LogP contribution in [0.5, 0.6) is 0 Å². The van der Waals surface area contributed by atoms with Crippen LogP contribution in [0, 0.1) is 0 Å². The number of benzene rings is 1. The molecule has 0 aliphatic heterocycles. The van der Waals surface area contributed by atoms with E-state index in [2.05, 4.69) is 15.0 Å². The fraction of sp³-hybridized carbons (Fsp3) is 0.154. The molecule has 0 unspecified atom stereocenters. The summed E-state index contributed by atoms with van der Waals surface area (Å²) < 4.78 is 26.9. The zero-order valence-electron chi connectivity index (χ0n) is 10.8. The maximum absolute atomic E-state index is 12.2. The Labute approximate surface area is 123 Å². The topological polar surface area (TPSA) is 71.1 Å². The summed E-state index contributed by atoms with van der Waals surface area (Å²) in [5, 5.41) is 3.38. The number of hydrogen-bond donors (Lipinski definition) is 2. The van der Waals surface area contributed by atoms with Crippen LogP contribution in [-0.2, 0) is 16.6 Å². The summed E-state index contributed by atoms with van der Waals surface area (Å²) in [4.78, 5) is 3.96. The minimum atomic E-state index is -3.65. The maximum Gasteiger partial charge on any atom is 0.261 e. The summed E-state index contributed by atoms with van der Waals surface area (Å²) in [6.45, 7) is 0.580. The van der Waals surface area contributed by atoms with E-state index in [9.17, 15) is 8.42 Å². The third-order valence-corrected chi connectivity index (χ3v) is 4.37. The van der Waals surface area contributed by atoms with Crippen LogP contribution in [0.3, 0.4) is 0 Å². The maximum atomic E-state index is 12.2. The van der Waals surface area contributed by atoms with Crippen LogP contribution in [0.15, 0.2) is 47.6 Å². The predicted octanol–water partition coefficient (Wildman–Crippen LogP) is 2.26. The van der Waals surface area contributed by atoms with Crippen molar-refractivity contribution in [3.05, 3.63) is 53.3 Å². The van der Waals surface area contributed by atoms with E-state index in [4.69, 9.17) is 11.6 Å². The molecule has 2 N–H and O–H groups in total. The largest absolute Gasteiger partial charge is 0.316 e. The standard InChI is InChI=1S/C13H14ClN3O2S/c1-15-9-10-2-3-12(8-13(10)14)20(18,19)17-11-4-6-16-7-5-11/h2-8,15H,9H2,1H3,(H,16,17). The summed E-state index contributed by atoms with van der Waals surface area (Å²) in [6, 6.07) is 7.82. The lowest BCUT2D eigenvalue weighted by Gasteiger charge is -2.10. The Bertz CT molecular complexity index is 690. The number of sulfonamides is 1. The molecule has 2 rings (SSSR count). The number of rotatable bonds is 5. The molecule has 0 bridgehead atoms. The number of nitrogens with one attached hydrogen (secondary N) is 2. The molecule has 0 radical (unpaired) electrons. The molecule has 0 saturated heterocycles. The number of pyridine rings is 1. The van der Waals surface area contributed by atoms with Crippen molar-refractivity contribution in [1.29, 1.82) is 0 Å². The summed E-state index contributed by atoms with van der Waals surface area (Å²) in [6.07, 6.45) is 3.03. The first-order valence-electron chi connectivity index (χ1n) is 5.89. The number of anilines is 1. The summed E-state index contributed by atoms with van der Waals surface area (Å²) >= 11 is 6.07. The molecule has 0 fully saturated rings. The van der Waals surface area contributed by atoms with E-state index in [1.807, 2.05) is 0 Å². The van der Waals surface area contributed by atoms with Gasteiger partial charge in [-0.3, -0.25) is 9.71 Å². The van der Waals surface area contributed by atoms with E-state index in [1.165, 1.54) is 24.5 Å². The average Bonchev–Trinajstić information content (AvgIpc) is 2.42. The van der Waals surface area contributed by atoms with Gasteiger partial charge in [-0.25, -0.2) is 8.42 Å². The van der Waals surface area contributed by atoms with Crippen molar-refractivity contribution in [2.45, 2.75) is 11.4 Å². The highest BCUT2D eigenvalue weighted by atomic mass is 35.5. The Kier molecular flexibility index (Phi) is 4.59. The summed E-state index contributed by atoms with van der Waals surface area (Å²) in [7, 11) is -1.85. The van der Waals surface area contributed by atoms with Gasteiger partial charge in [0.1, 0.15) is 0 Å². The van der Waals surface area contributed by atoms with Crippen molar-refractivity contribution in [3.63, 3.8) is 0 Å². The van der Waals surface area contributed by atoms with Crippen LogP contribution < -0.4 is 10.0 Å². The van der Waals surface area contributed by atoms with E-state index < -0.39 is 10.0 Å². The van der Waals surface area contributed by atoms with Crippen molar-refractivity contribution >= 4 is 27.3 Å². The summed E-state index contributed by atoms with van der Waals surface area (Å²) in [5.74, 6) is 0. The van der Waals surface area contributed by atoms with Crippen LogP contribution in [-0.4, -0.2) is 20.4 Å². The predicted molar refractivity (Wildman–Crippen MR) is 79.3 cm³/mol. The zero-order chi connectivity index (χ0) is 14.6. The van der Waals surface area contributed by atoms with Gasteiger partial charge in [-0.2, -0.15) is 0 Å². The Morgan fingerprint density at radius 3 is 2.50 bits per heavy atom. The molecule has 20 heavy (non-hydrogen) atoms. The number of nitrogens with zero attached hydrogens (tertiary/aromatic N) is 1. The minimum absolute atomic E-state index is 0.124. The normalized spacial score (nSPS) is 11.3. The quantitative estimate of drug-likeness (QED) is 0.888. The van der Waals surface area contributed by atoms with E-state index in [-0.39, 0.29) is 4.90 Å². The van der Waals surface area contributed by atoms with Gasteiger partial charge in [0.2, 0.25) is 0 Å². The lowest BCUT2D eigenvalue weighted by Crippen LogP contribution is -2.13. The van der Waals surface area contributed by atoms with Crippen LogP contribution in [0.4, 0.5) is 5.69 Å². The second kappa shape index (κ2) is 6.21. The molecule has 0 aliphatic carbocycles. The Balaban J connectivity index is 2.28.